The Bertz CT molecular complexity index is 1450. The first kappa shape index (κ1) is 26.3. The van der Waals surface area contributed by atoms with Crippen LogP contribution in [0.25, 0.3) is 10.8 Å². The third-order valence-corrected chi connectivity index (χ3v) is 9.29. The van der Waals surface area contributed by atoms with Crippen LogP contribution in [0.5, 0.6) is 0 Å². The van der Waals surface area contributed by atoms with Gasteiger partial charge < -0.3 is 14.5 Å². The third-order valence-electron chi connectivity index (χ3n) is 7.19. The van der Waals surface area contributed by atoms with Gasteiger partial charge in [0.25, 0.3) is 0 Å². The van der Waals surface area contributed by atoms with Crippen molar-refractivity contribution in [3.8, 4) is 0 Å². The van der Waals surface area contributed by atoms with Gasteiger partial charge in [-0.05, 0) is 53.9 Å². The molecule has 2 amide bonds. The number of sulfonamides is 1. The van der Waals surface area contributed by atoms with Gasteiger partial charge in [0.2, 0.25) is 10.0 Å². The van der Waals surface area contributed by atoms with Gasteiger partial charge in [0.05, 0.1) is 12.0 Å². The van der Waals surface area contributed by atoms with Crippen molar-refractivity contribution in [2.45, 2.75) is 29.7 Å². The molecule has 0 radical (unpaired) electrons. The quantitative estimate of drug-likeness (QED) is 0.453. The Balaban J connectivity index is 1.31. The number of amides is 2. The molecule has 0 bridgehead atoms. The number of fused-ring (bicyclic) bond motifs is 1. The van der Waals surface area contributed by atoms with Crippen LogP contribution in [0, 0.1) is 0 Å². The molecule has 5 rings (SSSR count). The smallest absolute Gasteiger partial charge is 0.330 e. The lowest BCUT2D eigenvalue weighted by Crippen LogP contribution is -2.62. The van der Waals surface area contributed by atoms with Crippen LogP contribution in [0.3, 0.4) is 0 Å². The molecule has 2 aromatic carbocycles. The molecule has 2 saturated heterocycles. The average Bonchev–Trinajstić information content (AvgIpc) is 2.96. The number of esters is 1. The molecule has 0 spiro atoms. The van der Waals surface area contributed by atoms with Crippen LogP contribution in [-0.2, 0) is 19.6 Å². The molecule has 12 heteroatoms. The summed E-state index contributed by atoms with van der Waals surface area (Å²) in [6, 6.07) is 10.5. The summed E-state index contributed by atoms with van der Waals surface area (Å²) in [7, 11) is -2.69. The van der Waals surface area contributed by atoms with Crippen LogP contribution in [0.2, 0.25) is 5.02 Å². The summed E-state index contributed by atoms with van der Waals surface area (Å²) in [5.41, 5.74) is 0. The van der Waals surface area contributed by atoms with Crippen molar-refractivity contribution in [1.29, 1.82) is 0 Å². The number of hydrogen-bond acceptors (Lipinski definition) is 7. The molecule has 0 saturated carbocycles. The molecule has 0 aliphatic carbocycles. The molecule has 200 valence electrons. The van der Waals surface area contributed by atoms with Gasteiger partial charge in [-0.25, -0.2) is 28.0 Å². The van der Waals surface area contributed by atoms with Gasteiger partial charge in [-0.15, -0.1) is 0 Å². The van der Waals surface area contributed by atoms with E-state index >= 15 is 0 Å². The number of hydrogen-bond donors (Lipinski definition) is 0. The fraction of sp³-hybridized carbons (Fsp3) is 0.385. The molecule has 2 aliphatic rings. The van der Waals surface area contributed by atoms with Crippen LogP contribution >= 0.6 is 11.6 Å². The Morgan fingerprint density at radius 1 is 0.974 bits per heavy atom. The number of halogens is 1. The third kappa shape index (κ3) is 5.18. The molecule has 2 fully saturated rings. The van der Waals surface area contributed by atoms with Gasteiger partial charge in [0, 0.05) is 56.1 Å². The van der Waals surface area contributed by atoms with E-state index in [1.54, 1.807) is 53.7 Å². The van der Waals surface area contributed by atoms with E-state index in [9.17, 15) is 18.0 Å². The van der Waals surface area contributed by atoms with Crippen molar-refractivity contribution >= 4 is 44.4 Å². The molecule has 2 aliphatic heterocycles. The number of piperazine rings is 1. The lowest BCUT2D eigenvalue weighted by molar-refractivity contribution is -0.147. The monoisotopic (exact) mass is 557 g/mol. The Morgan fingerprint density at radius 3 is 2.37 bits per heavy atom. The first-order valence-electron chi connectivity index (χ1n) is 12.4. The summed E-state index contributed by atoms with van der Waals surface area (Å²) < 4.78 is 33.3. The lowest BCUT2D eigenvalue weighted by Gasteiger charge is -2.42. The number of methoxy groups -OCH3 is 1. The van der Waals surface area contributed by atoms with Crippen LogP contribution in [0.4, 0.5) is 4.79 Å². The summed E-state index contributed by atoms with van der Waals surface area (Å²) in [4.78, 5) is 38.1. The van der Waals surface area contributed by atoms with E-state index in [2.05, 4.69) is 9.97 Å². The number of piperidine rings is 1. The summed E-state index contributed by atoms with van der Waals surface area (Å²) in [6.45, 7) is 0.940. The average molecular weight is 558 g/mol. The first-order chi connectivity index (χ1) is 18.3. The lowest BCUT2D eigenvalue weighted by atomic mass is 9.96. The van der Waals surface area contributed by atoms with Gasteiger partial charge in [0.15, 0.2) is 0 Å². The van der Waals surface area contributed by atoms with Crippen molar-refractivity contribution in [3.63, 3.8) is 0 Å². The molecule has 3 heterocycles. The topological polar surface area (TPSA) is 113 Å². The van der Waals surface area contributed by atoms with Gasteiger partial charge in [-0.3, -0.25) is 0 Å². The van der Waals surface area contributed by atoms with Crippen molar-refractivity contribution in [2.75, 3.05) is 39.8 Å². The Kier molecular flexibility index (Phi) is 7.51. The van der Waals surface area contributed by atoms with E-state index in [4.69, 9.17) is 16.3 Å². The number of urea groups is 1. The van der Waals surface area contributed by atoms with Crippen LogP contribution < -0.4 is 0 Å². The van der Waals surface area contributed by atoms with Crippen molar-refractivity contribution in [2.24, 2.45) is 0 Å². The minimum atomic E-state index is -3.92. The number of rotatable bonds is 4. The highest BCUT2D eigenvalue weighted by molar-refractivity contribution is 7.89. The van der Waals surface area contributed by atoms with Gasteiger partial charge in [-0.2, -0.15) is 4.31 Å². The molecule has 0 N–H and O–H groups in total. The largest absolute Gasteiger partial charge is 0.467 e. The molecular weight excluding hydrogens is 530 g/mol. The van der Waals surface area contributed by atoms with Crippen LogP contribution in [0.15, 0.2) is 59.8 Å². The predicted molar refractivity (Wildman–Crippen MR) is 141 cm³/mol. The minimum absolute atomic E-state index is 0.0640. The number of aromatic nitrogens is 2. The maximum absolute atomic E-state index is 13.5. The molecular formula is C26H28ClN5O5S. The van der Waals surface area contributed by atoms with E-state index in [1.807, 2.05) is 0 Å². The number of likely N-dealkylation sites (tertiary alicyclic amines) is 1. The van der Waals surface area contributed by atoms with Crippen LogP contribution in [-0.4, -0.2) is 90.4 Å². The van der Waals surface area contributed by atoms with E-state index in [1.165, 1.54) is 22.4 Å². The Hall–Kier alpha value is -3.28. The van der Waals surface area contributed by atoms with E-state index < -0.39 is 22.0 Å². The van der Waals surface area contributed by atoms with Gasteiger partial charge in [-0.1, -0.05) is 23.7 Å². The fourth-order valence-corrected chi connectivity index (χ4v) is 6.73. The second-order valence-electron chi connectivity index (χ2n) is 9.40. The predicted octanol–water partition coefficient (Wildman–Crippen LogP) is 3.13. The van der Waals surface area contributed by atoms with Gasteiger partial charge >= 0.3 is 12.0 Å². The maximum Gasteiger partial charge on any atom is 0.330 e. The highest BCUT2D eigenvalue weighted by Crippen LogP contribution is 2.29. The van der Waals surface area contributed by atoms with E-state index in [-0.39, 0.29) is 36.5 Å². The maximum atomic E-state index is 13.5. The second kappa shape index (κ2) is 10.8. The Labute approximate surface area is 226 Å². The van der Waals surface area contributed by atoms with Crippen molar-refractivity contribution < 1.29 is 22.7 Å². The molecule has 1 unspecified atom stereocenters. The standard InChI is InChI=1S/C26H28ClN5O5S/c1-37-25(33)23-17-31(38(35,36)22-6-4-19-15-21(27)5-3-20(19)16-22)13-14-32(23)26(34)30-11-7-18(8-12-30)24-28-9-2-10-29-24/h2-6,9-10,15-16,18,23H,7-8,11-14,17H2,1H3. The van der Waals surface area contributed by atoms with Crippen molar-refractivity contribution in [3.05, 3.63) is 65.7 Å². The number of carbonyl (C=O) groups is 2. The van der Waals surface area contributed by atoms with Gasteiger partial charge in [0.1, 0.15) is 11.9 Å². The molecule has 1 aromatic heterocycles. The molecule has 1 atom stereocenters. The van der Waals surface area contributed by atoms with Crippen LogP contribution in [0.1, 0.15) is 24.6 Å². The SMILES string of the molecule is COC(=O)C1CN(S(=O)(=O)c2ccc3cc(Cl)ccc3c2)CCN1C(=O)N1CCC(c2ncccn2)CC1. The molecule has 38 heavy (non-hydrogen) atoms. The highest BCUT2D eigenvalue weighted by atomic mass is 35.5. The summed E-state index contributed by atoms with van der Waals surface area (Å²) >= 11 is 6.05. The highest BCUT2D eigenvalue weighted by Gasteiger charge is 2.42. The molecule has 10 nitrogen and oxygen atoms in total. The molecule has 3 aromatic rings. The normalized spacial score (nSPS) is 19.5. The fourth-order valence-electron chi connectivity index (χ4n) is 5.08. The zero-order valence-electron chi connectivity index (χ0n) is 20.9. The Morgan fingerprint density at radius 2 is 1.66 bits per heavy atom. The zero-order chi connectivity index (χ0) is 26.9. The summed E-state index contributed by atoms with van der Waals surface area (Å²) in [6.07, 6.45) is 4.84. The first-order valence-corrected chi connectivity index (χ1v) is 14.2. The second-order valence-corrected chi connectivity index (χ2v) is 11.8. The van der Waals surface area contributed by atoms with Crippen molar-refractivity contribution in [1.82, 2.24) is 24.1 Å². The number of nitrogens with zero attached hydrogens (tertiary/aromatic N) is 5. The van der Waals surface area contributed by atoms with E-state index in [0.29, 0.717) is 31.0 Å². The summed E-state index contributed by atoms with van der Waals surface area (Å²) in [5.74, 6) is 0.276. The number of ether oxygens (including phenoxy) is 1. The van der Waals surface area contributed by atoms with E-state index in [0.717, 1.165) is 16.6 Å². The zero-order valence-corrected chi connectivity index (χ0v) is 22.4. The number of carbonyl (C=O) groups excluding carboxylic acids is 2. The minimum Gasteiger partial charge on any atom is -0.467 e. The summed E-state index contributed by atoms with van der Waals surface area (Å²) in [5, 5.41) is 2.12. The number of benzene rings is 2.